The van der Waals surface area contributed by atoms with E-state index < -0.39 is 0 Å². The van der Waals surface area contributed by atoms with E-state index in [4.69, 9.17) is 0 Å². The summed E-state index contributed by atoms with van der Waals surface area (Å²) in [6.07, 6.45) is 1.87. The number of benzene rings is 7. The van der Waals surface area contributed by atoms with Crippen LogP contribution >= 0.6 is 0 Å². The first-order valence-corrected chi connectivity index (χ1v) is 15.0. The first kappa shape index (κ1) is 24.3. The van der Waals surface area contributed by atoms with Crippen LogP contribution in [0.4, 0.5) is 0 Å². The van der Waals surface area contributed by atoms with E-state index in [0.29, 0.717) is 0 Å². The van der Waals surface area contributed by atoms with Gasteiger partial charge in [-0.15, -0.1) is 0 Å². The van der Waals surface area contributed by atoms with Crippen LogP contribution in [-0.2, 0) is 5.41 Å². The highest BCUT2D eigenvalue weighted by atomic mass is 14.7. The molecule has 1 aliphatic rings. The Balaban J connectivity index is 1.19. The lowest BCUT2D eigenvalue weighted by atomic mass is 9.80. The molecule has 202 valence electrons. The van der Waals surface area contributed by atoms with E-state index in [1.165, 1.54) is 76.8 Å². The van der Waals surface area contributed by atoms with Crippen molar-refractivity contribution in [2.45, 2.75) is 19.3 Å². The van der Waals surface area contributed by atoms with Crippen molar-refractivity contribution in [1.82, 2.24) is 4.98 Å². The molecule has 8 aromatic rings. The van der Waals surface area contributed by atoms with Crippen LogP contribution < -0.4 is 0 Å². The Morgan fingerprint density at radius 3 is 1.72 bits per heavy atom. The Morgan fingerprint density at radius 2 is 1.02 bits per heavy atom. The van der Waals surface area contributed by atoms with Crippen molar-refractivity contribution in [1.29, 1.82) is 0 Å². The van der Waals surface area contributed by atoms with Crippen molar-refractivity contribution >= 4 is 32.3 Å². The molecule has 0 bridgehead atoms. The molecule has 0 unspecified atom stereocenters. The molecule has 0 aliphatic heterocycles. The van der Waals surface area contributed by atoms with E-state index in [-0.39, 0.29) is 5.41 Å². The molecular formula is C42H29N. The maximum absolute atomic E-state index is 4.66. The third-order valence-electron chi connectivity index (χ3n) is 9.69. The molecule has 0 spiro atoms. The molecule has 0 amide bonds. The average Bonchev–Trinajstić information content (AvgIpc) is 3.29. The van der Waals surface area contributed by atoms with Gasteiger partial charge in [-0.05, 0) is 101 Å². The van der Waals surface area contributed by atoms with Crippen LogP contribution in [0.1, 0.15) is 25.0 Å². The molecule has 1 nitrogen and oxygen atoms in total. The molecule has 0 saturated heterocycles. The number of fused-ring (bicyclic) bond motifs is 3. The maximum atomic E-state index is 4.66. The summed E-state index contributed by atoms with van der Waals surface area (Å²) in [6.45, 7) is 4.75. The predicted molar refractivity (Wildman–Crippen MR) is 182 cm³/mol. The van der Waals surface area contributed by atoms with Crippen LogP contribution in [0.5, 0.6) is 0 Å². The third-order valence-corrected chi connectivity index (χ3v) is 9.69. The molecule has 1 aromatic heterocycles. The number of hydrogen-bond donors (Lipinski definition) is 0. The zero-order chi connectivity index (χ0) is 28.7. The van der Waals surface area contributed by atoms with Crippen LogP contribution in [0.3, 0.4) is 0 Å². The molecule has 0 atom stereocenters. The molecule has 0 saturated carbocycles. The van der Waals surface area contributed by atoms with Gasteiger partial charge in [0.15, 0.2) is 0 Å². The minimum absolute atomic E-state index is 0.125. The second-order valence-corrected chi connectivity index (χ2v) is 12.4. The largest absolute Gasteiger partial charge is 0.256 e. The molecule has 43 heavy (non-hydrogen) atoms. The first-order valence-electron chi connectivity index (χ1n) is 15.0. The zero-order valence-electron chi connectivity index (χ0n) is 24.2. The average molecular weight is 548 g/mol. The Bertz CT molecular complexity index is 2340. The second kappa shape index (κ2) is 8.86. The lowest BCUT2D eigenvalue weighted by Gasteiger charge is -2.23. The highest BCUT2D eigenvalue weighted by molar-refractivity contribution is 6.25. The normalized spacial score (nSPS) is 13.5. The molecule has 1 aliphatic carbocycles. The summed E-state index contributed by atoms with van der Waals surface area (Å²) in [5.74, 6) is 0. The van der Waals surface area contributed by atoms with Gasteiger partial charge in [-0.25, -0.2) is 0 Å². The van der Waals surface area contributed by atoms with Gasteiger partial charge in [0.05, 0.1) is 5.69 Å². The molecule has 0 N–H and O–H groups in total. The summed E-state index contributed by atoms with van der Waals surface area (Å²) in [6, 6.07) is 49.2. The Kier molecular flexibility index (Phi) is 5.02. The lowest BCUT2D eigenvalue weighted by molar-refractivity contribution is 0.661. The predicted octanol–water partition coefficient (Wildman–Crippen LogP) is 11.3. The number of pyridine rings is 1. The lowest BCUT2D eigenvalue weighted by Crippen LogP contribution is -2.15. The van der Waals surface area contributed by atoms with Gasteiger partial charge in [0.25, 0.3) is 0 Å². The summed E-state index contributed by atoms with van der Waals surface area (Å²) in [5, 5.41) is 7.97. The third kappa shape index (κ3) is 3.49. The van der Waals surface area contributed by atoms with E-state index in [0.717, 1.165) is 11.3 Å². The molecular weight excluding hydrogens is 518 g/mol. The minimum atomic E-state index is -0.125. The Labute approximate surface area is 251 Å². The van der Waals surface area contributed by atoms with Crippen molar-refractivity contribution < 1.29 is 0 Å². The van der Waals surface area contributed by atoms with E-state index in [2.05, 4.69) is 146 Å². The van der Waals surface area contributed by atoms with Crippen LogP contribution in [0.25, 0.3) is 77.0 Å². The van der Waals surface area contributed by atoms with Crippen molar-refractivity contribution in [3.63, 3.8) is 0 Å². The fourth-order valence-corrected chi connectivity index (χ4v) is 7.54. The molecule has 0 fully saturated rings. The van der Waals surface area contributed by atoms with Gasteiger partial charge in [0.1, 0.15) is 0 Å². The molecule has 0 radical (unpaired) electrons. The standard InChI is InChI=1S/C42H29N/c1-42(2)37-24-29(31-10-3-4-11-35(31)39-12-5-6-23-43-39)17-20-33(37)34-21-18-30(25-38(34)42)32-19-15-28-14-13-26-8-7-9-27-16-22-36(32)41(28)40(26)27/h3-25H,1-2H3. The Morgan fingerprint density at radius 1 is 0.442 bits per heavy atom. The van der Waals surface area contributed by atoms with Crippen molar-refractivity contribution in [2.75, 3.05) is 0 Å². The Hall–Kier alpha value is -5.27. The van der Waals surface area contributed by atoms with Crippen LogP contribution in [0.2, 0.25) is 0 Å². The monoisotopic (exact) mass is 547 g/mol. The highest BCUT2D eigenvalue weighted by Crippen LogP contribution is 2.51. The maximum Gasteiger partial charge on any atom is 0.0708 e. The van der Waals surface area contributed by atoms with Gasteiger partial charge >= 0.3 is 0 Å². The molecule has 7 aromatic carbocycles. The van der Waals surface area contributed by atoms with Crippen LogP contribution in [0.15, 0.2) is 140 Å². The van der Waals surface area contributed by atoms with Crippen LogP contribution in [0, 0.1) is 0 Å². The summed E-state index contributed by atoms with van der Waals surface area (Å²) in [7, 11) is 0. The molecule has 1 heteroatoms. The van der Waals surface area contributed by atoms with E-state index in [9.17, 15) is 0 Å². The van der Waals surface area contributed by atoms with Crippen molar-refractivity contribution in [3.05, 3.63) is 151 Å². The fourth-order valence-electron chi connectivity index (χ4n) is 7.54. The summed E-state index contributed by atoms with van der Waals surface area (Å²) < 4.78 is 0. The zero-order valence-corrected chi connectivity index (χ0v) is 24.2. The quantitative estimate of drug-likeness (QED) is 0.200. The molecule has 1 heterocycles. The van der Waals surface area contributed by atoms with Gasteiger partial charge < -0.3 is 0 Å². The second-order valence-electron chi connectivity index (χ2n) is 12.4. The number of hydrogen-bond acceptors (Lipinski definition) is 1. The van der Waals surface area contributed by atoms with Gasteiger partial charge in [-0.2, -0.15) is 0 Å². The van der Waals surface area contributed by atoms with Crippen molar-refractivity contribution in [2.24, 2.45) is 0 Å². The topological polar surface area (TPSA) is 12.9 Å². The van der Waals surface area contributed by atoms with E-state index >= 15 is 0 Å². The van der Waals surface area contributed by atoms with Crippen molar-refractivity contribution in [3.8, 4) is 44.6 Å². The van der Waals surface area contributed by atoms with Gasteiger partial charge in [0.2, 0.25) is 0 Å². The molecule has 9 rings (SSSR count). The van der Waals surface area contributed by atoms with Gasteiger partial charge in [0, 0.05) is 17.2 Å². The fraction of sp³-hybridized carbons (Fsp3) is 0.0714. The van der Waals surface area contributed by atoms with E-state index in [1.54, 1.807) is 0 Å². The SMILES string of the molecule is CC1(C)c2cc(-c3ccccc3-c3ccccn3)ccc2-c2ccc(-c3ccc4ccc5cccc6ccc3c4c56)cc21. The summed E-state index contributed by atoms with van der Waals surface area (Å²) >= 11 is 0. The van der Waals surface area contributed by atoms with Gasteiger partial charge in [-0.3, -0.25) is 4.98 Å². The number of nitrogens with zero attached hydrogens (tertiary/aromatic N) is 1. The minimum Gasteiger partial charge on any atom is -0.256 e. The summed E-state index contributed by atoms with van der Waals surface area (Å²) in [5.41, 5.74) is 12.5. The highest BCUT2D eigenvalue weighted by Gasteiger charge is 2.36. The first-order chi connectivity index (χ1) is 21.1. The van der Waals surface area contributed by atoms with Crippen LogP contribution in [-0.4, -0.2) is 4.98 Å². The summed E-state index contributed by atoms with van der Waals surface area (Å²) in [4.78, 5) is 4.66. The smallest absolute Gasteiger partial charge is 0.0708 e. The number of rotatable bonds is 3. The number of aromatic nitrogens is 1. The van der Waals surface area contributed by atoms with Gasteiger partial charge in [-0.1, -0.05) is 123 Å². The van der Waals surface area contributed by atoms with E-state index in [1.807, 2.05) is 12.3 Å².